The number of aromatic nitrogens is 1. The number of rotatable bonds is 7. The van der Waals surface area contributed by atoms with Gasteiger partial charge in [0.15, 0.2) is 5.96 Å². The maximum Gasteiger partial charge on any atom is 0.223 e. The van der Waals surface area contributed by atoms with Crippen LogP contribution in [0.3, 0.4) is 0 Å². The molecule has 1 fully saturated rings. The van der Waals surface area contributed by atoms with E-state index in [9.17, 15) is 4.79 Å². The van der Waals surface area contributed by atoms with Crippen LogP contribution >= 0.6 is 0 Å². The lowest BCUT2D eigenvalue weighted by molar-refractivity contribution is -0.127. The van der Waals surface area contributed by atoms with Crippen LogP contribution in [0.4, 0.5) is 0 Å². The zero-order chi connectivity index (χ0) is 16.7. The Bertz CT molecular complexity index is 529. The predicted octanol–water partition coefficient (Wildman–Crippen LogP) is 1.26. The van der Waals surface area contributed by atoms with E-state index < -0.39 is 0 Å². The molecule has 0 spiro atoms. The van der Waals surface area contributed by atoms with Crippen molar-refractivity contribution in [2.24, 2.45) is 10.9 Å². The first-order valence-electron chi connectivity index (χ1n) is 8.25. The Labute approximate surface area is 137 Å². The van der Waals surface area contributed by atoms with Crippen molar-refractivity contribution in [3.8, 4) is 0 Å². The van der Waals surface area contributed by atoms with Crippen molar-refractivity contribution >= 4 is 11.9 Å². The number of nitrogens with zero attached hydrogens (tertiary/aromatic N) is 2. The van der Waals surface area contributed by atoms with Gasteiger partial charge in [-0.15, -0.1) is 0 Å². The highest BCUT2D eigenvalue weighted by molar-refractivity contribution is 5.80. The summed E-state index contributed by atoms with van der Waals surface area (Å²) >= 11 is 0. The number of oxazole rings is 1. The van der Waals surface area contributed by atoms with Gasteiger partial charge in [0.25, 0.3) is 0 Å². The van der Waals surface area contributed by atoms with Crippen LogP contribution in [0.1, 0.15) is 43.0 Å². The summed E-state index contributed by atoms with van der Waals surface area (Å²) in [7, 11) is 1.72. The molecule has 7 heteroatoms. The van der Waals surface area contributed by atoms with Crippen LogP contribution < -0.4 is 16.0 Å². The summed E-state index contributed by atoms with van der Waals surface area (Å²) in [6.07, 6.45) is 4.13. The number of carbonyl (C=O) groups is 1. The fourth-order valence-electron chi connectivity index (χ4n) is 2.32. The SMILES string of the molecule is CN=C(NCCCNC(=O)C1CCC1)NCc1nc(C)c(C)o1. The maximum absolute atomic E-state index is 11.7. The minimum Gasteiger partial charge on any atom is -0.444 e. The zero-order valence-electron chi connectivity index (χ0n) is 14.2. The molecule has 0 bridgehead atoms. The molecule has 7 nitrogen and oxygen atoms in total. The third-order valence-electron chi connectivity index (χ3n) is 4.12. The van der Waals surface area contributed by atoms with E-state index in [1.807, 2.05) is 13.8 Å². The molecule has 23 heavy (non-hydrogen) atoms. The van der Waals surface area contributed by atoms with Crippen LogP contribution in [-0.2, 0) is 11.3 Å². The van der Waals surface area contributed by atoms with Crippen molar-refractivity contribution in [2.75, 3.05) is 20.1 Å². The first-order valence-corrected chi connectivity index (χ1v) is 8.25. The fraction of sp³-hybridized carbons (Fsp3) is 0.688. The van der Waals surface area contributed by atoms with Crippen molar-refractivity contribution in [3.63, 3.8) is 0 Å². The monoisotopic (exact) mass is 321 g/mol. The van der Waals surface area contributed by atoms with Crippen LogP contribution in [0.15, 0.2) is 9.41 Å². The van der Waals surface area contributed by atoms with Gasteiger partial charge in [-0.2, -0.15) is 0 Å². The lowest BCUT2D eigenvalue weighted by Gasteiger charge is -2.24. The molecule has 1 aromatic heterocycles. The summed E-state index contributed by atoms with van der Waals surface area (Å²) in [5.74, 6) is 2.64. The first-order chi connectivity index (χ1) is 11.1. The third-order valence-corrected chi connectivity index (χ3v) is 4.12. The molecule has 1 aliphatic rings. The Hall–Kier alpha value is -2.05. The normalized spacial score (nSPS) is 15.2. The van der Waals surface area contributed by atoms with Crippen LogP contribution in [0, 0.1) is 19.8 Å². The zero-order valence-corrected chi connectivity index (χ0v) is 14.2. The number of hydrogen-bond acceptors (Lipinski definition) is 4. The average molecular weight is 321 g/mol. The summed E-state index contributed by atoms with van der Waals surface area (Å²) in [6.45, 7) is 5.75. The molecule has 0 radical (unpaired) electrons. The highest BCUT2D eigenvalue weighted by atomic mass is 16.4. The molecular weight excluding hydrogens is 294 g/mol. The molecule has 0 unspecified atom stereocenters. The Morgan fingerprint density at radius 1 is 1.26 bits per heavy atom. The summed E-state index contributed by atoms with van der Waals surface area (Å²) in [5.41, 5.74) is 0.909. The third kappa shape index (κ3) is 5.26. The van der Waals surface area contributed by atoms with Gasteiger partial charge in [-0.25, -0.2) is 4.98 Å². The molecule has 128 valence electrons. The number of aliphatic imine (C=N–C) groups is 1. The van der Waals surface area contributed by atoms with E-state index in [0.29, 0.717) is 24.9 Å². The highest BCUT2D eigenvalue weighted by Crippen LogP contribution is 2.25. The molecule has 0 aromatic carbocycles. The summed E-state index contributed by atoms with van der Waals surface area (Å²) in [4.78, 5) is 20.2. The molecule has 1 aliphatic carbocycles. The molecule has 1 aromatic rings. The largest absolute Gasteiger partial charge is 0.444 e. The van der Waals surface area contributed by atoms with E-state index >= 15 is 0 Å². The second-order valence-corrected chi connectivity index (χ2v) is 5.87. The Morgan fingerprint density at radius 3 is 2.57 bits per heavy atom. The van der Waals surface area contributed by atoms with Gasteiger partial charge < -0.3 is 20.4 Å². The van der Waals surface area contributed by atoms with E-state index in [0.717, 1.165) is 37.3 Å². The first kappa shape index (κ1) is 17.3. The van der Waals surface area contributed by atoms with Crippen molar-refractivity contribution < 1.29 is 9.21 Å². The number of carbonyl (C=O) groups excluding carboxylic acids is 1. The minimum atomic E-state index is 0.202. The van der Waals surface area contributed by atoms with Gasteiger partial charge in [-0.05, 0) is 33.1 Å². The lowest BCUT2D eigenvalue weighted by atomic mass is 9.85. The van der Waals surface area contributed by atoms with Gasteiger partial charge in [0, 0.05) is 26.1 Å². The van der Waals surface area contributed by atoms with Crippen LogP contribution in [-0.4, -0.2) is 37.0 Å². The van der Waals surface area contributed by atoms with Gasteiger partial charge >= 0.3 is 0 Å². The highest BCUT2D eigenvalue weighted by Gasteiger charge is 2.24. The van der Waals surface area contributed by atoms with Crippen LogP contribution in [0.2, 0.25) is 0 Å². The second-order valence-electron chi connectivity index (χ2n) is 5.87. The molecule has 0 saturated heterocycles. The number of hydrogen-bond donors (Lipinski definition) is 3. The molecule has 3 N–H and O–H groups in total. The Kier molecular flexibility index (Phi) is 6.43. The van der Waals surface area contributed by atoms with Crippen LogP contribution in [0.25, 0.3) is 0 Å². The van der Waals surface area contributed by atoms with Gasteiger partial charge in [-0.1, -0.05) is 6.42 Å². The van der Waals surface area contributed by atoms with Crippen molar-refractivity contribution in [1.29, 1.82) is 0 Å². The molecule has 1 amide bonds. The van der Waals surface area contributed by atoms with Gasteiger partial charge in [0.2, 0.25) is 11.8 Å². The molecule has 0 aliphatic heterocycles. The summed E-state index contributed by atoms with van der Waals surface area (Å²) in [6, 6.07) is 0. The summed E-state index contributed by atoms with van der Waals surface area (Å²) < 4.78 is 5.51. The lowest BCUT2D eigenvalue weighted by Crippen LogP contribution is -2.39. The van der Waals surface area contributed by atoms with E-state index in [-0.39, 0.29) is 11.8 Å². The molecular formula is C16H27N5O2. The number of aryl methyl sites for hydroxylation is 2. The predicted molar refractivity (Wildman–Crippen MR) is 89.1 cm³/mol. The molecule has 2 rings (SSSR count). The van der Waals surface area contributed by atoms with Crippen LogP contribution in [0.5, 0.6) is 0 Å². The number of guanidine groups is 1. The van der Waals surface area contributed by atoms with E-state index in [4.69, 9.17) is 4.42 Å². The molecule has 0 atom stereocenters. The molecule has 1 heterocycles. The Morgan fingerprint density at radius 2 is 2.00 bits per heavy atom. The van der Waals surface area contributed by atoms with Gasteiger partial charge in [-0.3, -0.25) is 9.79 Å². The van der Waals surface area contributed by atoms with Crippen molar-refractivity contribution in [2.45, 2.75) is 46.1 Å². The topological polar surface area (TPSA) is 91.5 Å². The summed E-state index contributed by atoms with van der Waals surface area (Å²) in [5, 5.41) is 9.35. The van der Waals surface area contributed by atoms with Crippen molar-refractivity contribution in [3.05, 3.63) is 17.3 Å². The van der Waals surface area contributed by atoms with E-state index in [1.54, 1.807) is 7.05 Å². The average Bonchev–Trinajstić information content (AvgIpc) is 2.78. The van der Waals surface area contributed by atoms with E-state index in [2.05, 4.69) is 25.9 Å². The fourth-order valence-corrected chi connectivity index (χ4v) is 2.32. The van der Waals surface area contributed by atoms with Gasteiger partial charge in [0.05, 0.1) is 12.2 Å². The van der Waals surface area contributed by atoms with Crippen molar-refractivity contribution in [1.82, 2.24) is 20.9 Å². The maximum atomic E-state index is 11.7. The second kappa shape index (κ2) is 8.55. The van der Waals surface area contributed by atoms with E-state index in [1.165, 1.54) is 6.42 Å². The smallest absolute Gasteiger partial charge is 0.223 e. The molecule has 1 saturated carbocycles. The number of nitrogens with one attached hydrogen (secondary N) is 3. The quantitative estimate of drug-likeness (QED) is 0.399. The number of amides is 1. The van der Waals surface area contributed by atoms with Gasteiger partial charge in [0.1, 0.15) is 5.76 Å². The standard InChI is InChI=1S/C16H27N5O2/c1-11-12(2)23-14(21-11)10-20-16(17-3)19-9-5-8-18-15(22)13-6-4-7-13/h13H,4-10H2,1-3H3,(H,18,22)(H2,17,19,20). The minimum absolute atomic E-state index is 0.202. The Balaban J connectivity index is 1.58.